The average molecular weight is 259 g/mol. The van der Waals surface area contributed by atoms with E-state index in [1.54, 1.807) is 0 Å². The van der Waals surface area contributed by atoms with E-state index >= 15 is 0 Å². The van der Waals surface area contributed by atoms with Gasteiger partial charge in [-0.2, -0.15) is 4.98 Å². The van der Waals surface area contributed by atoms with E-state index in [1.807, 2.05) is 17.7 Å². The summed E-state index contributed by atoms with van der Waals surface area (Å²) >= 11 is 0. The second-order valence-corrected chi connectivity index (χ2v) is 7.10. The van der Waals surface area contributed by atoms with Crippen molar-refractivity contribution in [3.63, 3.8) is 0 Å². The van der Waals surface area contributed by atoms with Crippen LogP contribution in [0.3, 0.4) is 0 Å². The quantitative estimate of drug-likeness (QED) is 0.839. The van der Waals surface area contributed by atoms with Crippen LogP contribution in [0.15, 0.2) is 11.0 Å². The van der Waals surface area contributed by atoms with E-state index in [9.17, 15) is 4.79 Å². The molecular formula is C15H21N3O. The molecule has 0 atom stereocenters. The highest BCUT2D eigenvalue weighted by Gasteiger charge is 2.52. The van der Waals surface area contributed by atoms with Gasteiger partial charge in [-0.25, -0.2) is 4.79 Å². The third-order valence-electron chi connectivity index (χ3n) is 5.67. The maximum Gasteiger partial charge on any atom is 0.350 e. The first-order chi connectivity index (χ1) is 9.06. The van der Waals surface area contributed by atoms with Crippen molar-refractivity contribution in [3.05, 3.63) is 22.2 Å². The van der Waals surface area contributed by atoms with Crippen molar-refractivity contribution in [1.29, 1.82) is 0 Å². The van der Waals surface area contributed by atoms with E-state index in [1.165, 1.54) is 38.5 Å². The fraction of sp³-hybridized carbons (Fsp3) is 0.733. The molecule has 0 radical (unpaired) electrons. The molecule has 1 aromatic heterocycles. The third-order valence-corrected chi connectivity index (χ3v) is 5.67. The van der Waals surface area contributed by atoms with Crippen LogP contribution in [0.1, 0.15) is 44.1 Å². The zero-order chi connectivity index (χ0) is 13.2. The monoisotopic (exact) mass is 259 g/mol. The summed E-state index contributed by atoms with van der Waals surface area (Å²) in [6.45, 7) is 1.94. The summed E-state index contributed by atoms with van der Waals surface area (Å²) in [6.07, 6.45) is 9.62. The molecule has 4 saturated carbocycles. The number of nitrogen functional groups attached to an aromatic ring is 1. The minimum Gasteiger partial charge on any atom is -0.383 e. The number of aromatic nitrogens is 2. The molecule has 5 rings (SSSR count). The van der Waals surface area contributed by atoms with E-state index in [0.29, 0.717) is 5.82 Å². The fourth-order valence-electron chi connectivity index (χ4n) is 5.26. The lowest BCUT2D eigenvalue weighted by molar-refractivity contribution is -0.0455. The second kappa shape index (κ2) is 3.62. The highest BCUT2D eigenvalue weighted by Crippen LogP contribution is 2.58. The van der Waals surface area contributed by atoms with Crippen LogP contribution in [-0.4, -0.2) is 9.55 Å². The van der Waals surface area contributed by atoms with E-state index in [4.69, 9.17) is 5.73 Å². The first kappa shape index (κ1) is 11.5. The van der Waals surface area contributed by atoms with E-state index in [0.717, 1.165) is 23.3 Å². The molecular weight excluding hydrogens is 238 g/mol. The lowest BCUT2D eigenvalue weighted by atomic mass is 9.53. The van der Waals surface area contributed by atoms with Gasteiger partial charge in [0.15, 0.2) is 0 Å². The van der Waals surface area contributed by atoms with Gasteiger partial charge in [0.1, 0.15) is 5.82 Å². The summed E-state index contributed by atoms with van der Waals surface area (Å²) in [5, 5.41) is 0. The molecule has 0 spiro atoms. The Kier molecular flexibility index (Phi) is 2.19. The summed E-state index contributed by atoms with van der Waals surface area (Å²) < 4.78 is 1.93. The topological polar surface area (TPSA) is 60.9 Å². The molecule has 0 unspecified atom stereocenters. The van der Waals surface area contributed by atoms with Gasteiger partial charge in [0.2, 0.25) is 0 Å². The minimum absolute atomic E-state index is 0.0529. The number of nitrogens with zero attached hydrogens (tertiary/aromatic N) is 2. The smallest absolute Gasteiger partial charge is 0.350 e. The SMILES string of the molecule is Cc1cn(C23CC4CC(CC(C4)C2)C3)c(=O)nc1N. The standard InChI is InChI=1S/C15H21N3O/c1-9-8-18(14(19)17-13(9)16)15-5-10-2-11(6-15)4-12(3-10)7-15/h8,10-12H,2-7H2,1H3,(H2,16,17,19). The van der Waals surface area contributed by atoms with Crippen molar-refractivity contribution in [3.8, 4) is 0 Å². The summed E-state index contributed by atoms with van der Waals surface area (Å²) in [7, 11) is 0. The zero-order valence-corrected chi connectivity index (χ0v) is 11.4. The Hall–Kier alpha value is -1.32. The molecule has 4 aliphatic rings. The number of rotatable bonds is 1. The number of nitrogens with two attached hydrogens (primary N) is 1. The molecule has 4 bridgehead atoms. The van der Waals surface area contributed by atoms with Crippen LogP contribution in [0.25, 0.3) is 0 Å². The highest BCUT2D eigenvalue weighted by molar-refractivity contribution is 5.35. The molecule has 4 aliphatic carbocycles. The molecule has 102 valence electrons. The van der Waals surface area contributed by atoms with Crippen molar-refractivity contribution in [2.75, 3.05) is 5.73 Å². The van der Waals surface area contributed by atoms with Gasteiger partial charge in [-0.3, -0.25) is 4.57 Å². The van der Waals surface area contributed by atoms with Gasteiger partial charge < -0.3 is 5.73 Å². The zero-order valence-electron chi connectivity index (χ0n) is 11.4. The van der Waals surface area contributed by atoms with Crippen molar-refractivity contribution < 1.29 is 0 Å². The normalized spacial score (nSPS) is 39.7. The molecule has 0 aromatic carbocycles. The maximum absolute atomic E-state index is 12.3. The van der Waals surface area contributed by atoms with Crippen molar-refractivity contribution in [2.24, 2.45) is 17.8 Å². The van der Waals surface area contributed by atoms with Crippen LogP contribution in [-0.2, 0) is 5.54 Å². The molecule has 1 heterocycles. The number of hydrogen-bond donors (Lipinski definition) is 1. The van der Waals surface area contributed by atoms with Crippen LogP contribution in [0.4, 0.5) is 5.82 Å². The molecule has 4 heteroatoms. The second-order valence-electron chi connectivity index (χ2n) is 7.10. The molecule has 0 aliphatic heterocycles. The van der Waals surface area contributed by atoms with Crippen LogP contribution < -0.4 is 11.4 Å². The summed E-state index contributed by atoms with van der Waals surface area (Å²) in [6, 6.07) is 0. The predicted octanol–water partition coefficient (Wildman–Crippen LogP) is 2.06. The summed E-state index contributed by atoms with van der Waals surface area (Å²) in [4.78, 5) is 16.3. The minimum atomic E-state index is -0.148. The largest absolute Gasteiger partial charge is 0.383 e. The van der Waals surface area contributed by atoms with Crippen LogP contribution in [0, 0.1) is 24.7 Å². The maximum atomic E-state index is 12.3. The Labute approximate surface area is 113 Å². The van der Waals surface area contributed by atoms with Crippen LogP contribution >= 0.6 is 0 Å². The van der Waals surface area contributed by atoms with Gasteiger partial charge in [-0.1, -0.05) is 0 Å². The number of hydrogen-bond acceptors (Lipinski definition) is 3. The first-order valence-electron chi connectivity index (χ1n) is 7.42. The van der Waals surface area contributed by atoms with Gasteiger partial charge in [-0.15, -0.1) is 0 Å². The Morgan fingerprint density at radius 1 is 1.21 bits per heavy atom. The molecule has 2 N–H and O–H groups in total. The predicted molar refractivity (Wildman–Crippen MR) is 73.8 cm³/mol. The molecule has 0 amide bonds. The van der Waals surface area contributed by atoms with Gasteiger partial charge in [0.05, 0.1) is 0 Å². The first-order valence-corrected chi connectivity index (χ1v) is 7.42. The molecule has 1 aromatic rings. The average Bonchev–Trinajstić information content (AvgIpc) is 2.32. The van der Waals surface area contributed by atoms with Crippen LogP contribution in [0.5, 0.6) is 0 Å². The van der Waals surface area contributed by atoms with Gasteiger partial charge in [0.25, 0.3) is 0 Å². The molecule has 4 nitrogen and oxygen atoms in total. The number of anilines is 1. The Balaban J connectivity index is 1.84. The van der Waals surface area contributed by atoms with Gasteiger partial charge in [-0.05, 0) is 63.2 Å². The van der Waals surface area contributed by atoms with Crippen molar-refractivity contribution in [1.82, 2.24) is 9.55 Å². The summed E-state index contributed by atoms with van der Waals surface area (Å²) in [5.74, 6) is 2.87. The Bertz CT molecular complexity index is 554. The van der Waals surface area contributed by atoms with Gasteiger partial charge >= 0.3 is 5.69 Å². The third kappa shape index (κ3) is 1.58. The van der Waals surface area contributed by atoms with Crippen LogP contribution in [0.2, 0.25) is 0 Å². The molecule has 19 heavy (non-hydrogen) atoms. The van der Waals surface area contributed by atoms with Crippen molar-refractivity contribution >= 4 is 5.82 Å². The van der Waals surface area contributed by atoms with E-state index < -0.39 is 0 Å². The van der Waals surface area contributed by atoms with Gasteiger partial charge in [0, 0.05) is 17.3 Å². The lowest BCUT2D eigenvalue weighted by Crippen LogP contribution is -2.55. The fourth-order valence-corrected chi connectivity index (χ4v) is 5.26. The highest BCUT2D eigenvalue weighted by atomic mass is 16.1. The molecule has 0 saturated heterocycles. The van der Waals surface area contributed by atoms with Crippen molar-refractivity contribution in [2.45, 2.75) is 51.0 Å². The Morgan fingerprint density at radius 2 is 1.74 bits per heavy atom. The Morgan fingerprint density at radius 3 is 2.26 bits per heavy atom. The lowest BCUT2D eigenvalue weighted by Gasteiger charge is -2.57. The van der Waals surface area contributed by atoms with E-state index in [2.05, 4.69) is 4.98 Å². The number of aryl methyl sites for hydroxylation is 1. The van der Waals surface area contributed by atoms with E-state index in [-0.39, 0.29) is 11.2 Å². The molecule has 4 fully saturated rings. The summed E-state index contributed by atoms with van der Waals surface area (Å²) in [5.41, 5.74) is 6.59.